The Kier molecular flexibility index (Phi) is 3.89. The van der Waals surface area contributed by atoms with Crippen LogP contribution in [0.4, 0.5) is 5.69 Å². The van der Waals surface area contributed by atoms with Crippen molar-refractivity contribution in [2.45, 2.75) is 18.9 Å². The molecule has 1 aliphatic heterocycles. The zero-order valence-corrected chi connectivity index (χ0v) is 12.2. The highest BCUT2D eigenvalue weighted by Crippen LogP contribution is 2.35. The van der Waals surface area contributed by atoms with Gasteiger partial charge in [0.25, 0.3) is 5.69 Å². The Morgan fingerprint density at radius 3 is 2.39 bits per heavy atom. The Balaban J connectivity index is 1.89. The van der Waals surface area contributed by atoms with E-state index in [1.54, 1.807) is 18.2 Å². The molecule has 1 heterocycles. The predicted octanol–water partition coefficient (Wildman–Crippen LogP) is 2.64. The lowest BCUT2D eigenvalue weighted by Crippen LogP contribution is -2.29. The first-order chi connectivity index (χ1) is 11.1. The van der Waals surface area contributed by atoms with Gasteiger partial charge in [-0.05, 0) is 5.56 Å². The van der Waals surface area contributed by atoms with Crippen molar-refractivity contribution in [2.24, 2.45) is 0 Å². The van der Waals surface area contributed by atoms with Gasteiger partial charge in [-0.3, -0.25) is 24.6 Å². The van der Waals surface area contributed by atoms with E-state index < -0.39 is 10.8 Å². The lowest BCUT2D eigenvalue weighted by molar-refractivity contribution is -0.385. The quantitative estimate of drug-likeness (QED) is 0.494. The lowest BCUT2D eigenvalue weighted by atomic mass is 9.96. The molecule has 0 spiro atoms. The lowest BCUT2D eigenvalue weighted by Gasteiger charge is -2.15. The molecular formula is C17H14N2O4. The van der Waals surface area contributed by atoms with Crippen LogP contribution in [0.3, 0.4) is 0 Å². The Bertz CT molecular complexity index is 773. The largest absolute Gasteiger partial charge is 0.278 e. The van der Waals surface area contributed by atoms with Crippen molar-refractivity contribution in [2.75, 3.05) is 0 Å². The van der Waals surface area contributed by atoms with E-state index in [0.29, 0.717) is 5.56 Å². The second-order valence-corrected chi connectivity index (χ2v) is 5.38. The highest BCUT2D eigenvalue weighted by molar-refractivity contribution is 6.06. The van der Waals surface area contributed by atoms with Crippen LogP contribution in [0.5, 0.6) is 0 Å². The number of likely N-dealkylation sites (tertiary alicyclic amines) is 1. The van der Waals surface area contributed by atoms with Gasteiger partial charge in [-0.15, -0.1) is 0 Å². The fourth-order valence-corrected chi connectivity index (χ4v) is 2.81. The summed E-state index contributed by atoms with van der Waals surface area (Å²) in [5, 5.41) is 11.1. The number of benzene rings is 2. The summed E-state index contributed by atoms with van der Waals surface area (Å²) in [5.74, 6) is -1.47. The summed E-state index contributed by atoms with van der Waals surface area (Å²) < 4.78 is 0. The van der Waals surface area contributed by atoms with Crippen molar-refractivity contribution in [3.63, 3.8) is 0 Å². The number of para-hydroxylation sites is 1. The summed E-state index contributed by atoms with van der Waals surface area (Å²) in [6, 6.07) is 15.3. The van der Waals surface area contributed by atoms with Gasteiger partial charge in [-0.2, -0.15) is 0 Å². The Morgan fingerprint density at radius 1 is 1.04 bits per heavy atom. The number of carbonyl (C=O) groups is 2. The average Bonchev–Trinajstić information content (AvgIpc) is 2.84. The monoisotopic (exact) mass is 310 g/mol. The van der Waals surface area contributed by atoms with Crippen LogP contribution in [0.1, 0.15) is 23.5 Å². The van der Waals surface area contributed by atoms with Gasteiger partial charge in [0.15, 0.2) is 0 Å². The first-order valence-electron chi connectivity index (χ1n) is 7.19. The third kappa shape index (κ3) is 2.83. The molecule has 1 aliphatic rings. The van der Waals surface area contributed by atoms with E-state index in [4.69, 9.17) is 0 Å². The molecule has 0 N–H and O–H groups in total. The highest BCUT2D eigenvalue weighted by atomic mass is 16.6. The summed E-state index contributed by atoms with van der Waals surface area (Å²) in [7, 11) is 0. The first-order valence-corrected chi connectivity index (χ1v) is 7.19. The van der Waals surface area contributed by atoms with Gasteiger partial charge >= 0.3 is 0 Å². The van der Waals surface area contributed by atoms with E-state index in [1.807, 2.05) is 30.3 Å². The number of hydrogen-bond acceptors (Lipinski definition) is 4. The summed E-state index contributed by atoms with van der Waals surface area (Å²) in [5.41, 5.74) is 1.02. The first kappa shape index (κ1) is 14.9. The second kappa shape index (κ2) is 6.00. The number of nitrogens with zero attached hydrogens (tertiary/aromatic N) is 2. The van der Waals surface area contributed by atoms with Gasteiger partial charge in [-0.25, -0.2) is 0 Å². The minimum Gasteiger partial charge on any atom is -0.278 e. The molecule has 6 nitrogen and oxygen atoms in total. The molecule has 1 unspecified atom stereocenters. The molecule has 2 amide bonds. The average molecular weight is 310 g/mol. The van der Waals surface area contributed by atoms with E-state index in [9.17, 15) is 19.7 Å². The van der Waals surface area contributed by atoms with Crippen LogP contribution < -0.4 is 0 Å². The number of carbonyl (C=O) groups excluding carboxylic acids is 2. The van der Waals surface area contributed by atoms with Gasteiger partial charge in [0.05, 0.1) is 17.4 Å². The molecule has 116 valence electrons. The number of imide groups is 1. The van der Waals surface area contributed by atoms with Crippen LogP contribution in [-0.2, 0) is 16.1 Å². The minimum atomic E-state index is -0.784. The van der Waals surface area contributed by atoms with E-state index >= 15 is 0 Å². The fraction of sp³-hybridized carbons (Fsp3) is 0.176. The van der Waals surface area contributed by atoms with E-state index in [2.05, 4.69) is 0 Å². The van der Waals surface area contributed by atoms with E-state index in [1.165, 1.54) is 11.0 Å². The molecule has 0 saturated carbocycles. The number of hydrogen-bond donors (Lipinski definition) is 0. The number of amides is 2. The molecule has 3 rings (SSSR count). The normalized spacial score (nSPS) is 17.6. The fourth-order valence-electron chi connectivity index (χ4n) is 2.81. The maximum atomic E-state index is 12.6. The van der Waals surface area contributed by atoms with Crippen LogP contribution >= 0.6 is 0 Å². The van der Waals surface area contributed by atoms with Crippen molar-refractivity contribution in [3.8, 4) is 0 Å². The van der Waals surface area contributed by atoms with Gasteiger partial charge < -0.3 is 0 Å². The SMILES string of the molecule is O=C1CC(c2ccccc2[N+](=O)[O-])C(=O)N1Cc1ccccc1. The summed E-state index contributed by atoms with van der Waals surface area (Å²) in [6.07, 6.45) is -0.0312. The van der Waals surface area contributed by atoms with Crippen molar-refractivity contribution in [1.29, 1.82) is 0 Å². The summed E-state index contributed by atoms with van der Waals surface area (Å²) in [4.78, 5) is 36.6. The van der Waals surface area contributed by atoms with Crippen molar-refractivity contribution in [1.82, 2.24) is 4.90 Å². The van der Waals surface area contributed by atoms with Crippen molar-refractivity contribution in [3.05, 3.63) is 75.8 Å². The van der Waals surface area contributed by atoms with Crippen LogP contribution in [0.2, 0.25) is 0 Å². The third-order valence-electron chi connectivity index (χ3n) is 3.94. The molecule has 1 saturated heterocycles. The number of nitro groups is 1. The molecule has 0 bridgehead atoms. The Hall–Kier alpha value is -3.02. The molecule has 23 heavy (non-hydrogen) atoms. The molecule has 1 fully saturated rings. The van der Waals surface area contributed by atoms with Crippen LogP contribution in [0.15, 0.2) is 54.6 Å². The molecular weight excluding hydrogens is 296 g/mol. The number of nitro benzene ring substituents is 1. The van der Waals surface area contributed by atoms with E-state index in [-0.39, 0.29) is 30.5 Å². The highest BCUT2D eigenvalue weighted by Gasteiger charge is 2.41. The van der Waals surface area contributed by atoms with Gasteiger partial charge in [0, 0.05) is 18.1 Å². The summed E-state index contributed by atoms with van der Waals surface area (Å²) in [6.45, 7) is 0.190. The molecule has 2 aromatic rings. The maximum Gasteiger partial charge on any atom is 0.273 e. The van der Waals surface area contributed by atoms with Crippen molar-refractivity contribution >= 4 is 17.5 Å². The van der Waals surface area contributed by atoms with E-state index in [0.717, 1.165) is 5.56 Å². The summed E-state index contributed by atoms with van der Waals surface area (Å²) >= 11 is 0. The smallest absolute Gasteiger partial charge is 0.273 e. The number of rotatable bonds is 4. The molecule has 0 aliphatic carbocycles. The van der Waals surface area contributed by atoms with Crippen LogP contribution in [0, 0.1) is 10.1 Å². The predicted molar refractivity (Wildman–Crippen MR) is 82.5 cm³/mol. The van der Waals surface area contributed by atoms with Crippen LogP contribution in [0.25, 0.3) is 0 Å². The molecule has 0 aromatic heterocycles. The van der Waals surface area contributed by atoms with Gasteiger partial charge in [0.2, 0.25) is 11.8 Å². The molecule has 2 aromatic carbocycles. The van der Waals surface area contributed by atoms with Gasteiger partial charge in [0.1, 0.15) is 0 Å². The standard InChI is InChI=1S/C17H14N2O4/c20-16-10-14(13-8-4-5-9-15(13)19(22)23)17(21)18(16)11-12-6-2-1-3-7-12/h1-9,14H,10-11H2. The molecule has 0 radical (unpaired) electrons. The minimum absolute atomic E-state index is 0.0312. The topological polar surface area (TPSA) is 80.5 Å². The Morgan fingerprint density at radius 2 is 1.70 bits per heavy atom. The van der Waals surface area contributed by atoms with Gasteiger partial charge in [-0.1, -0.05) is 48.5 Å². The molecule has 6 heteroatoms. The van der Waals surface area contributed by atoms with Crippen molar-refractivity contribution < 1.29 is 14.5 Å². The van der Waals surface area contributed by atoms with Crippen LogP contribution in [-0.4, -0.2) is 21.6 Å². The molecule has 1 atom stereocenters. The third-order valence-corrected chi connectivity index (χ3v) is 3.94. The maximum absolute atomic E-state index is 12.6. The zero-order valence-electron chi connectivity index (χ0n) is 12.2. The second-order valence-electron chi connectivity index (χ2n) is 5.38. The zero-order chi connectivity index (χ0) is 16.4. The Labute approximate surface area is 132 Å².